The van der Waals surface area contributed by atoms with Gasteiger partial charge < -0.3 is 10.1 Å². The second-order valence-electron chi connectivity index (χ2n) is 8.19. The summed E-state index contributed by atoms with van der Waals surface area (Å²) in [6.45, 7) is 6.31. The third-order valence-electron chi connectivity index (χ3n) is 5.28. The van der Waals surface area contributed by atoms with Crippen LogP contribution in [0.25, 0.3) is 0 Å². The first-order valence-corrected chi connectivity index (χ1v) is 10.2. The second-order valence-corrected chi connectivity index (χ2v) is 9.29. The summed E-state index contributed by atoms with van der Waals surface area (Å²) in [7, 11) is 0. The predicted octanol–water partition coefficient (Wildman–Crippen LogP) is 4.70. The topological polar surface area (TPSA) is 105 Å². The van der Waals surface area contributed by atoms with E-state index in [1.54, 1.807) is 6.07 Å². The van der Waals surface area contributed by atoms with E-state index in [4.69, 9.17) is 4.74 Å². The van der Waals surface area contributed by atoms with Crippen molar-refractivity contribution >= 4 is 27.9 Å². The van der Waals surface area contributed by atoms with Crippen molar-refractivity contribution in [1.82, 2.24) is 0 Å². The highest BCUT2D eigenvalue weighted by Crippen LogP contribution is 2.44. The van der Waals surface area contributed by atoms with Gasteiger partial charge in [-0.05, 0) is 42.2 Å². The molecule has 1 aromatic heterocycles. The van der Waals surface area contributed by atoms with Gasteiger partial charge in [-0.3, -0.25) is 14.9 Å². The molecule has 2 aromatic rings. The predicted molar refractivity (Wildman–Crippen MR) is 111 cm³/mol. The number of hydrogen-bond donors (Lipinski definition) is 1. The first kappa shape index (κ1) is 20.8. The molecule has 0 spiro atoms. The first-order valence-electron chi connectivity index (χ1n) is 9.41. The number of anilines is 1. The fourth-order valence-electron chi connectivity index (χ4n) is 3.57. The smallest absolute Gasteiger partial charge is 0.310 e. The van der Waals surface area contributed by atoms with Gasteiger partial charge in [-0.15, -0.1) is 11.3 Å². The van der Waals surface area contributed by atoms with E-state index in [9.17, 15) is 20.2 Å². The molecule has 1 aromatic carbocycles. The van der Waals surface area contributed by atoms with E-state index in [1.807, 2.05) is 0 Å². The SMILES string of the molecule is CC(C)(C)C1CCc2c(sc(NC(=O)COc3ccccc3[N+](=O)[O-])c2C#N)C1. The molecular weight excluding hydrogens is 390 g/mol. The van der Waals surface area contributed by atoms with Crippen molar-refractivity contribution < 1.29 is 14.5 Å². The van der Waals surface area contributed by atoms with Crippen LogP contribution < -0.4 is 10.1 Å². The Hall–Kier alpha value is -2.92. The maximum absolute atomic E-state index is 12.4. The number of carbonyl (C=O) groups excluding carboxylic acids is 1. The van der Waals surface area contributed by atoms with Crippen molar-refractivity contribution in [3.05, 3.63) is 50.4 Å². The van der Waals surface area contributed by atoms with Crippen LogP contribution in [0.2, 0.25) is 0 Å². The number of nitrogens with zero attached hydrogens (tertiary/aromatic N) is 2. The molecule has 0 fully saturated rings. The maximum Gasteiger partial charge on any atom is 0.310 e. The first-order chi connectivity index (χ1) is 13.7. The standard InChI is InChI=1S/C21H23N3O4S/c1-21(2,3)13-8-9-14-15(11-22)20(29-18(14)10-13)23-19(25)12-28-17-7-5-4-6-16(17)24(26)27/h4-7,13H,8-10,12H2,1-3H3,(H,23,25). The average Bonchev–Trinajstić information content (AvgIpc) is 3.01. The molecule has 1 amide bonds. The Morgan fingerprint density at radius 1 is 1.41 bits per heavy atom. The molecule has 7 nitrogen and oxygen atoms in total. The van der Waals surface area contributed by atoms with E-state index < -0.39 is 10.8 Å². The molecule has 0 bridgehead atoms. The minimum Gasteiger partial charge on any atom is -0.477 e. The summed E-state index contributed by atoms with van der Waals surface area (Å²) in [5, 5.41) is 23.9. The molecule has 8 heteroatoms. The molecular formula is C21H23N3O4S. The van der Waals surface area contributed by atoms with Gasteiger partial charge in [-0.2, -0.15) is 5.26 Å². The van der Waals surface area contributed by atoms with Crippen molar-refractivity contribution in [2.24, 2.45) is 11.3 Å². The second kappa shape index (κ2) is 8.21. The Labute approximate surface area is 173 Å². The molecule has 0 radical (unpaired) electrons. The molecule has 3 rings (SSSR count). The number of nitriles is 1. The van der Waals surface area contributed by atoms with Crippen molar-refractivity contribution in [2.75, 3.05) is 11.9 Å². The number of fused-ring (bicyclic) bond motifs is 1. The number of thiophene rings is 1. The molecule has 1 aliphatic carbocycles. The summed E-state index contributed by atoms with van der Waals surface area (Å²) in [5.74, 6) is 0.114. The maximum atomic E-state index is 12.4. The van der Waals surface area contributed by atoms with Gasteiger partial charge in [-0.25, -0.2) is 0 Å². The Bertz CT molecular complexity index is 985. The fourth-order valence-corrected chi connectivity index (χ4v) is 4.86. The minimum atomic E-state index is -0.556. The summed E-state index contributed by atoms with van der Waals surface area (Å²) < 4.78 is 5.34. The number of nitro groups is 1. The Balaban J connectivity index is 1.71. The number of carbonyl (C=O) groups is 1. The minimum absolute atomic E-state index is 0.0339. The molecule has 1 heterocycles. The van der Waals surface area contributed by atoms with E-state index in [0.29, 0.717) is 16.5 Å². The highest BCUT2D eigenvalue weighted by molar-refractivity contribution is 7.16. The van der Waals surface area contributed by atoms with Crippen LogP contribution in [0.3, 0.4) is 0 Å². The number of nitrogens with one attached hydrogen (secondary N) is 1. The van der Waals surface area contributed by atoms with Crippen LogP contribution >= 0.6 is 11.3 Å². The molecule has 1 unspecified atom stereocenters. The normalized spacial score (nSPS) is 15.9. The molecule has 0 aliphatic heterocycles. The average molecular weight is 413 g/mol. The lowest BCUT2D eigenvalue weighted by molar-refractivity contribution is -0.385. The number of ether oxygens (including phenoxy) is 1. The lowest BCUT2D eigenvalue weighted by atomic mass is 9.72. The van der Waals surface area contributed by atoms with E-state index in [-0.39, 0.29) is 23.5 Å². The molecule has 0 saturated heterocycles. The van der Waals surface area contributed by atoms with Crippen LogP contribution in [0.1, 0.15) is 43.2 Å². The van der Waals surface area contributed by atoms with Crippen LogP contribution in [0.5, 0.6) is 5.75 Å². The number of nitro benzene ring substituents is 1. The molecule has 152 valence electrons. The summed E-state index contributed by atoms with van der Waals surface area (Å²) in [4.78, 5) is 24.0. The van der Waals surface area contributed by atoms with Gasteiger partial charge in [0.1, 0.15) is 11.1 Å². The van der Waals surface area contributed by atoms with Crippen LogP contribution in [0, 0.1) is 32.8 Å². The summed E-state index contributed by atoms with van der Waals surface area (Å²) in [5.41, 5.74) is 1.55. The number of rotatable bonds is 5. The van der Waals surface area contributed by atoms with Gasteiger partial charge >= 0.3 is 5.69 Å². The van der Waals surface area contributed by atoms with Crippen molar-refractivity contribution in [2.45, 2.75) is 40.0 Å². The molecule has 0 saturated carbocycles. The quantitative estimate of drug-likeness (QED) is 0.565. The monoisotopic (exact) mass is 413 g/mol. The fraction of sp³-hybridized carbons (Fsp3) is 0.429. The van der Waals surface area contributed by atoms with Crippen LogP contribution in [0.15, 0.2) is 24.3 Å². The van der Waals surface area contributed by atoms with E-state index in [1.165, 1.54) is 29.5 Å². The van der Waals surface area contributed by atoms with Crippen molar-refractivity contribution in [1.29, 1.82) is 5.26 Å². The lowest BCUT2D eigenvalue weighted by Gasteiger charge is -2.33. The van der Waals surface area contributed by atoms with E-state index in [2.05, 4.69) is 32.2 Å². The number of para-hydroxylation sites is 2. The Morgan fingerprint density at radius 3 is 2.79 bits per heavy atom. The van der Waals surface area contributed by atoms with Gasteiger partial charge in [0.15, 0.2) is 12.4 Å². The summed E-state index contributed by atoms with van der Waals surface area (Å²) in [6.07, 6.45) is 2.76. The van der Waals surface area contributed by atoms with Crippen molar-refractivity contribution in [3.63, 3.8) is 0 Å². The van der Waals surface area contributed by atoms with Gasteiger partial charge in [0.2, 0.25) is 0 Å². The number of hydrogen-bond acceptors (Lipinski definition) is 6. The van der Waals surface area contributed by atoms with Gasteiger partial charge in [0.25, 0.3) is 5.91 Å². The Morgan fingerprint density at radius 2 is 2.14 bits per heavy atom. The van der Waals surface area contributed by atoms with Gasteiger partial charge in [-0.1, -0.05) is 32.9 Å². The molecule has 1 aliphatic rings. The zero-order valence-electron chi connectivity index (χ0n) is 16.7. The molecule has 29 heavy (non-hydrogen) atoms. The van der Waals surface area contributed by atoms with E-state index in [0.717, 1.165) is 29.7 Å². The highest BCUT2D eigenvalue weighted by Gasteiger charge is 2.32. The highest BCUT2D eigenvalue weighted by atomic mass is 32.1. The van der Waals surface area contributed by atoms with Gasteiger partial charge in [0.05, 0.1) is 10.5 Å². The largest absolute Gasteiger partial charge is 0.477 e. The van der Waals surface area contributed by atoms with Crippen molar-refractivity contribution in [3.8, 4) is 11.8 Å². The summed E-state index contributed by atoms with van der Waals surface area (Å²) in [6, 6.07) is 8.13. The number of amides is 1. The molecule has 1 atom stereocenters. The summed E-state index contributed by atoms with van der Waals surface area (Å²) >= 11 is 1.45. The van der Waals surface area contributed by atoms with Crippen LogP contribution in [0.4, 0.5) is 10.7 Å². The third kappa shape index (κ3) is 4.57. The third-order valence-corrected chi connectivity index (χ3v) is 6.45. The van der Waals surface area contributed by atoms with Crippen LogP contribution in [-0.4, -0.2) is 17.4 Å². The zero-order valence-corrected chi connectivity index (χ0v) is 17.5. The van der Waals surface area contributed by atoms with E-state index >= 15 is 0 Å². The zero-order chi connectivity index (χ0) is 21.2. The Kier molecular flexibility index (Phi) is 5.89. The lowest BCUT2D eigenvalue weighted by Crippen LogP contribution is -2.26. The van der Waals surface area contributed by atoms with Crippen LogP contribution in [-0.2, 0) is 17.6 Å². The molecule has 1 N–H and O–H groups in total. The van der Waals surface area contributed by atoms with Gasteiger partial charge in [0, 0.05) is 10.9 Å². The number of benzene rings is 1.